The smallest absolute Gasteiger partial charge is 0.318 e. The Morgan fingerprint density at radius 3 is 2.60 bits per heavy atom. The number of aromatic nitrogens is 2. The van der Waals surface area contributed by atoms with Crippen molar-refractivity contribution in [2.24, 2.45) is 11.8 Å². The van der Waals surface area contributed by atoms with Crippen LogP contribution in [0, 0.1) is 11.8 Å². The van der Waals surface area contributed by atoms with E-state index >= 15 is 0 Å². The molecule has 15 heavy (non-hydrogen) atoms. The van der Waals surface area contributed by atoms with Crippen molar-refractivity contribution in [3.8, 4) is 0 Å². The molecule has 1 saturated carbocycles. The first kappa shape index (κ1) is 9.46. The van der Waals surface area contributed by atoms with Gasteiger partial charge in [0.1, 0.15) is 5.88 Å². The highest BCUT2D eigenvalue weighted by atomic mass is 35.5. The van der Waals surface area contributed by atoms with Crippen LogP contribution in [0.1, 0.15) is 25.2 Å². The highest BCUT2D eigenvalue weighted by Gasteiger charge is 2.37. The van der Waals surface area contributed by atoms with E-state index in [-0.39, 0.29) is 0 Å². The van der Waals surface area contributed by atoms with E-state index in [2.05, 4.69) is 15.1 Å². The number of rotatable bonds is 2. The van der Waals surface area contributed by atoms with Gasteiger partial charge in [-0.2, -0.15) is 0 Å². The van der Waals surface area contributed by atoms with Crippen molar-refractivity contribution in [1.29, 1.82) is 0 Å². The highest BCUT2D eigenvalue weighted by Crippen LogP contribution is 2.39. The molecular formula is C10H14ClN3O. The molecule has 2 unspecified atom stereocenters. The van der Waals surface area contributed by atoms with Gasteiger partial charge >= 0.3 is 6.01 Å². The Bertz CT molecular complexity index is 342. The zero-order valence-electron chi connectivity index (χ0n) is 8.53. The van der Waals surface area contributed by atoms with Crippen LogP contribution in [-0.2, 0) is 5.88 Å². The summed E-state index contributed by atoms with van der Waals surface area (Å²) in [5.74, 6) is 2.50. The number of fused-ring (bicyclic) bond motifs is 1. The van der Waals surface area contributed by atoms with Gasteiger partial charge in [-0.05, 0) is 24.7 Å². The van der Waals surface area contributed by atoms with Crippen LogP contribution in [0.4, 0.5) is 6.01 Å². The summed E-state index contributed by atoms with van der Waals surface area (Å²) in [6.07, 6.45) is 4.11. The first-order valence-electron chi connectivity index (χ1n) is 5.50. The predicted octanol–water partition coefficient (Wildman–Crippen LogP) is 2.04. The van der Waals surface area contributed by atoms with Gasteiger partial charge in [0.05, 0.1) is 0 Å². The summed E-state index contributed by atoms with van der Waals surface area (Å²) in [7, 11) is 0. The van der Waals surface area contributed by atoms with E-state index in [0.29, 0.717) is 17.8 Å². The van der Waals surface area contributed by atoms with Crippen LogP contribution in [0.25, 0.3) is 0 Å². The molecule has 1 aliphatic carbocycles. The van der Waals surface area contributed by atoms with Gasteiger partial charge in [-0.15, -0.1) is 16.7 Å². The third kappa shape index (κ3) is 1.61. The average Bonchev–Trinajstić information content (AvgIpc) is 2.91. The molecule has 4 nitrogen and oxygen atoms in total. The lowest BCUT2D eigenvalue weighted by atomic mass is 10.0. The fourth-order valence-electron chi connectivity index (χ4n) is 2.82. The maximum Gasteiger partial charge on any atom is 0.318 e. The SMILES string of the molecule is ClCc1nnc(N2CC3CCCC3C2)o1. The van der Waals surface area contributed by atoms with Gasteiger partial charge in [0.25, 0.3) is 0 Å². The summed E-state index contributed by atoms with van der Waals surface area (Å²) in [6, 6.07) is 0.653. The molecule has 1 saturated heterocycles. The molecule has 1 aromatic heterocycles. The first-order chi connectivity index (χ1) is 7.36. The summed E-state index contributed by atoms with van der Waals surface area (Å²) in [5, 5.41) is 7.90. The molecule has 0 N–H and O–H groups in total. The highest BCUT2D eigenvalue weighted by molar-refractivity contribution is 6.16. The average molecular weight is 228 g/mol. The van der Waals surface area contributed by atoms with E-state index in [4.69, 9.17) is 16.0 Å². The molecule has 0 bridgehead atoms. The second-order valence-electron chi connectivity index (χ2n) is 4.47. The van der Waals surface area contributed by atoms with Crippen molar-refractivity contribution < 1.29 is 4.42 Å². The Morgan fingerprint density at radius 1 is 1.27 bits per heavy atom. The second-order valence-corrected chi connectivity index (χ2v) is 4.74. The van der Waals surface area contributed by atoms with Crippen molar-refractivity contribution in [1.82, 2.24) is 10.2 Å². The zero-order valence-corrected chi connectivity index (χ0v) is 9.28. The number of nitrogens with zero attached hydrogens (tertiary/aromatic N) is 3. The van der Waals surface area contributed by atoms with Crippen molar-refractivity contribution in [2.75, 3.05) is 18.0 Å². The molecule has 3 rings (SSSR count). The van der Waals surface area contributed by atoms with E-state index in [1.807, 2.05) is 0 Å². The largest absolute Gasteiger partial charge is 0.407 e. The molecule has 0 radical (unpaired) electrons. The summed E-state index contributed by atoms with van der Waals surface area (Å²) in [4.78, 5) is 2.21. The zero-order chi connectivity index (χ0) is 10.3. The molecule has 0 spiro atoms. The fraction of sp³-hybridized carbons (Fsp3) is 0.800. The maximum absolute atomic E-state index is 5.63. The summed E-state index contributed by atoms with van der Waals surface area (Å²) < 4.78 is 5.45. The second kappa shape index (κ2) is 3.67. The lowest BCUT2D eigenvalue weighted by Gasteiger charge is -2.12. The maximum atomic E-state index is 5.63. The third-order valence-electron chi connectivity index (χ3n) is 3.57. The molecule has 82 valence electrons. The van der Waals surface area contributed by atoms with Crippen LogP contribution in [0.2, 0.25) is 0 Å². The Kier molecular flexibility index (Phi) is 2.31. The fourth-order valence-corrected chi connectivity index (χ4v) is 2.93. The number of alkyl halides is 1. The number of hydrogen-bond donors (Lipinski definition) is 0. The standard InChI is InChI=1S/C10H14ClN3O/c11-4-9-12-13-10(15-9)14-5-7-2-1-3-8(7)6-14/h7-8H,1-6H2. The minimum Gasteiger partial charge on any atom is -0.407 e. The molecule has 2 heterocycles. The van der Waals surface area contributed by atoms with Gasteiger partial charge in [-0.3, -0.25) is 0 Å². The summed E-state index contributed by atoms with van der Waals surface area (Å²) in [5.41, 5.74) is 0. The Labute approximate surface area is 93.6 Å². The van der Waals surface area contributed by atoms with Crippen LogP contribution in [0.3, 0.4) is 0 Å². The lowest BCUT2D eigenvalue weighted by molar-refractivity contribution is 0.494. The van der Waals surface area contributed by atoms with E-state index in [0.717, 1.165) is 24.9 Å². The third-order valence-corrected chi connectivity index (χ3v) is 3.80. The predicted molar refractivity (Wildman–Crippen MR) is 56.9 cm³/mol. The molecule has 0 aromatic carbocycles. The first-order valence-corrected chi connectivity index (χ1v) is 6.03. The number of anilines is 1. The molecule has 1 aliphatic heterocycles. The Morgan fingerprint density at radius 2 is 2.00 bits per heavy atom. The minimum absolute atomic E-state index is 0.299. The quantitative estimate of drug-likeness (QED) is 0.726. The van der Waals surface area contributed by atoms with E-state index < -0.39 is 0 Å². The van der Waals surface area contributed by atoms with Gasteiger partial charge in [-0.1, -0.05) is 11.5 Å². The van der Waals surface area contributed by atoms with Crippen molar-refractivity contribution in [3.63, 3.8) is 0 Å². The molecule has 2 fully saturated rings. The van der Waals surface area contributed by atoms with Crippen LogP contribution < -0.4 is 4.90 Å². The van der Waals surface area contributed by atoms with Crippen LogP contribution in [0.15, 0.2) is 4.42 Å². The number of halogens is 1. The van der Waals surface area contributed by atoms with Gasteiger partial charge in [-0.25, -0.2) is 0 Å². The van der Waals surface area contributed by atoms with Gasteiger partial charge in [0.15, 0.2) is 0 Å². The Balaban J connectivity index is 1.73. The van der Waals surface area contributed by atoms with Gasteiger partial charge in [0, 0.05) is 13.1 Å². The topological polar surface area (TPSA) is 42.2 Å². The molecular weight excluding hydrogens is 214 g/mol. The van der Waals surface area contributed by atoms with Crippen molar-refractivity contribution >= 4 is 17.6 Å². The summed E-state index contributed by atoms with van der Waals surface area (Å²) in [6.45, 7) is 2.16. The van der Waals surface area contributed by atoms with Gasteiger partial charge < -0.3 is 9.32 Å². The number of hydrogen-bond acceptors (Lipinski definition) is 4. The minimum atomic E-state index is 0.299. The van der Waals surface area contributed by atoms with E-state index in [1.54, 1.807) is 0 Å². The lowest BCUT2D eigenvalue weighted by Crippen LogP contribution is -2.20. The van der Waals surface area contributed by atoms with Crippen molar-refractivity contribution in [3.05, 3.63) is 5.89 Å². The van der Waals surface area contributed by atoms with Crippen LogP contribution >= 0.6 is 11.6 Å². The Hall–Kier alpha value is -0.770. The summed E-state index contributed by atoms with van der Waals surface area (Å²) >= 11 is 5.63. The van der Waals surface area contributed by atoms with E-state index in [9.17, 15) is 0 Å². The van der Waals surface area contributed by atoms with Crippen LogP contribution in [-0.4, -0.2) is 23.3 Å². The normalized spacial score (nSPS) is 29.8. The van der Waals surface area contributed by atoms with E-state index in [1.165, 1.54) is 19.3 Å². The molecule has 0 amide bonds. The van der Waals surface area contributed by atoms with Crippen molar-refractivity contribution in [2.45, 2.75) is 25.1 Å². The molecule has 2 atom stereocenters. The molecule has 2 aliphatic rings. The van der Waals surface area contributed by atoms with Crippen LogP contribution in [0.5, 0.6) is 0 Å². The molecule has 1 aromatic rings. The monoisotopic (exact) mass is 227 g/mol. The van der Waals surface area contributed by atoms with Gasteiger partial charge in [0.2, 0.25) is 5.89 Å². The molecule has 5 heteroatoms.